The summed E-state index contributed by atoms with van der Waals surface area (Å²) in [4.78, 5) is 16.1. The number of nitrogens with one attached hydrogen (secondary N) is 1. The van der Waals surface area contributed by atoms with E-state index in [1.807, 2.05) is 24.4 Å². The second-order valence-electron chi connectivity index (χ2n) is 7.05. The van der Waals surface area contributed by atoms with Gasteiger partial charge in [0.1, 0.15) is 17.2 Å². The van der Waals surface area contributed by atoms with Crippen LogP contribution in [0.4, 0.5) is 11.5 Å². The molecule has 0 unspecified atom stereocenters. The van der Waals surface area contributed by atoms with Gasteiger partial charge in [0.25, 0.3) is 0 Å². The summed E-state index contributed by atoms with van der Waals surface area (Å²) in [6.07, 6.45) is 4.26. The van der Waals surface area contributed by atoms with E-state index in [0.29, 0.717) is 18.1 Å². The van der Waals surface area contributed by atoms with Gasteiger partial charge in [-0.15, -0.1) is 5.10 Å². The zero-order valence-electron chi connectivity index (χ0n) is 14.9. The molecule has 0 amide bonds. The minimum absolute atomic E-state index is 0.0116. The Morgan fingerprint density at radius 1 is 1.31 bits per heavy atom. The lowest BCUT2D eigenvalue weighted by molar-refractivity contribution is -0.868. The minimum Gasteiger partial charge on any atom is -0.506 e. The normalized spacial score (nSPS) is 16.8. The van der Waals surface area contributed by atoms with E-state index in [2.05, 4.69) is 36.6 Å². The molecule has 136 valence electrons. The molecule has 0 radical (unpaired) electrons. The zero-order chi connectivity index (χ0) is 18.9. The average molecular weight is 375 g/mol. The van der Waals surface area contributed by atoms with Crippen molar-refractivity contribution in [2.45, 2.75) is 0 Å². The molecule has 0 atom stereocenters. The Labute approximate surface area is 156 Å². The average Bonchev–Trinajstić information content (AvgIpc) is 2.89. The Hall–Kier alpha value is -2.64. The molecular formula is C18H21ClN5O2+. The quantitative estimate of drug-likeness (QED) is 0.623. The number of allylic oxidation sites excluding steroid dienone is 3. The van der Waals surface area contributed by atoms with Crippen molar-refractivity contribution in [1.29, 1.82) is 0 Å². The predicted molar refractivity (Wildman–Crippen MR) is 103 cm³/mol. The highest BCUT2D eigenvalue weighted by Crippen LogP contribution is 2.31. The SMILES string of the molecule is C[N+](C)(C)CCNc1nn2ccccc2c1/N=C1\C=C(Cl)C(=O)C=C1O. The van der Waals surface area contributed by atoms with Crippen LogP contribution in [0.3, 0.4) is 0 Å². The third kappa shape index (κ3) is 3.95. The van der Waals surface area contributed by atoms with Crippen LogP contribution in [-0.4, -0.2) is 64.9 Å². The molecule has 7 nitrogen and oxygen atoms in total. The molecule has 1 aliphatic rings. The standard InChI is InChI=1S/C18H20ClN5O2/c1-24(2,3)9-7-20-18-17(14-6-4-5-8-23(14)22-18)21-13-10-12(19)15(25)11-16(13)26/h4-6,8,10-11H,7,9H2,1-3H3,(H-,20,22,25,26)/p+1/b21-13+. The number of anilines is 1. The smallest absolute Gasteiger partial charge is 0.201 e. The number of fused-ring (bicyclic) bond motifs is 1. The minimum atomic E-state index is -0.440. The van der Waals surface area contributed by atoms with Crippen LogP contribution in [0, 0.1) is 0 Å². The molecule has 26 heavy (non-hydrogen) atoms. The lowest BCUT2D eigenvalue weighted by Crippen LogP contribution is -2.38. The van der Waals surface area contributed by atoms with Crippen molar-refractivity contribution >= 4 is 40.1 Å². The lowest BCUT2D eigenvalue weighted by atomic mass is 10.1. The fraction of sp³-hybridized carbons (Fsp3) is 0.278. The number of aromatic nitrogens is 2. The Kier molecular flexibility index (Phi) is 4.84. The lowest BCUT2D eigenvalue weighted by Gasteiger charge is -2.23. The van der Waals surface area contributed by atoms with Crippen LogP contribution in [0.25, 0.3) is 5.52 Å². The van der Waals surface area contributed by atoms with Crippen molar-refractivity contribution in [2.24, 2.45) is 4.99 Å². The topological polar surface area (TPSA) is 79.0 Å². The highest BCUT2D eigenvalue weighted by atomic mass is 35.5. The summed E-state index contributed by atoms with van der Waals surface area (Å²) >= 11 is 5.90. The number of aliphatic imine (C=N–C) groups is 1. The molecule has 2 aromatic heterocycles. The van der Waals surface area contributed by atoms with Gasteiger partial charge in [-0.25, -0.2) is 9.51 Å². The summed E-state index contributed by atoms with van der Waals surface area (Å²) in [5.74, 6) is -0.0531. The molecule has 0 fully saturated rings. The van der Waals surface area contributed by atoms with Crippen molar-refractivity contribution in [3.05, 3.63) is 47.3 Å². The summed E-state index contributed by atoms with van der Waals surface area (Å²) in [6.45, 7) is 1.61. The van der Waals surface area contributed by atoms with E-state index < -0.39 is 5.78 Å². The summed E-state index contributed by atoms with van der Waals surface area (Å²) in [5, 5.41) is 17.9. The van der Waals surface area contributed by atoms with Gasteiger partial charge in [-0.05, 0) is 18.2 Å². The van der Waals surface area contributed by atoms with E-state index in [-0.39, 0.29) is 16.5 Å². The van der Waals surface area contributed by atoms with Gasteiger partial charge in [-0.2, -0.15) is 0 Å². The summed E-state index contributed by atoms with van der Waals surface area (Å²) in [5.41, 5.74) is 1.59. The second kappa shape index (κ2) is 6.93. The second-order valence-corrected chi connectivity index (χ2v) is 7.46. The number of aliphatic hydroxyl groups excluding tert-OH is 1. The van der Waals surface area contributed by atoms with E-state index in [4.69, 9.17) is 11.6 Å². The van der Waals surface area contributed by atoms with Crippen LogP contribution in [0.1, 0.15) is 0 Å². The number of rotatable bonds is 5. The maximum absolute atomic E-state index is 11.5. The fourth-order valence-corrected chi connectivity index (χ4v) is 2.62. The summed E-state index contributed by atoms with van der Waals surface area (Å²) < 4.78 is 2.53. The Morgan fingerprint density at radius 3 is 2.81 bits per heavy atom. The van der Waals surface area contributed by atoms with Gasteiger partial charge in [0.05, 0.1) is 44.8 Å². The van der Waals surface area contributed by atoms with E-state index in [0.717, 1.165) is 22.6 Å². The maximum Gasteiger partial charge on any atom is 0.201 e. The third-order valence-corrected chi connectivity index (χ3v) is 4.15. The van der Waals surface area contributed by atoms with Crippen LogP contribution in [-0.2, 0) is 4.79 Å². The molecule has 2 heterocycles. The van der Waals surface area contributed by atoms with Crippen LogP contribution in [0.5, 0.6) is 0 Å². The Balaban J connectivity index is 2.01. The summed E-state index contributed by atoms with van der Waals surface area (Å²) in [6, 6.07) is 5.65. The third-order valence-electron chi connectivity index (χ3n) is 3.85. The van der Waals surface area contributed by atoms with Crippen LogP contribution in [0.15, 0.2) is 52.3 Å². The number of hydrogen-bond acceptors (Lipinski definition) is 5. The van der Waals surface area contributed by atoms with Gasteiger partial charge in [-0.1, -0.05) is 17.7 Å². The highest BCUT2D eigenvalue weighted by Gasteiger charge is 2.19. The van der Waals surface area contributed by atoms with Crippen LogP contribution < -0.4 is 5.32 Å². The van der Waals surface area contributed by atoms with Crippen molar-refractivity contribution in [3.63, 3.8) is 0 Å². The van der Waals surface area contributed by atoms with Gasteiger partial charge in [0.15, 0.2) is 5.82 Å². The molecule has 0 saturated heterocycles. The van der Waals surface area contributed by atoms with Crippen molar-refractivity contribution < 1.29 is 14.4 Å². The first-order valence-corrected chi connectivity index (χ1v) is 8.55. The maximum atomic E-state index is 11.5. The molecule has 8 heteroatoms. The molecule has 2 aromatic rings. The number of pyridine rings is 1. The fourth-order valence-electron chi connectivity index (χ4n) is 2.47. The van der Waals surface area contributed by atoms with Gasteiger partial charge in [0, 0.05) is 12.3 Å². The Morgan fingerprint density at radius 2 is 2.08 bits per heavy atom. The van der Waals surface area contributed by atoms with E-state index in [9.17, 15) is 9.90 Å². The molecule has 0 aromatic carbocycles. The van der Waals surface area contributed by atoms with Crippen molar-refractivity contribution in [3.8, 4) is 0 Å². The number of aliphatic hydroxyl groups is 1. The number of quaternary nitrogens is 1. The van der Waals surface area contributed by atoms with Crippen LogP contribution >= 0.6 is 11.6 Å². The molecule has 2 N–H and O–H groups in total. The number of ketones is 1. The first kappa shape index (κ1) is 18.2. The largest absolute Gasteiger partial charge is 0.506 e. The van der Waals surface area contributed by atoms with Crippen LogP contribution in [0.2, 0.25) is 0 Å². The first-order valence-electron chi connectivity index (χ1n) is 8.17. The van der Waals surface area contributed by atoms with E-state index in [1.54, 1.807) is 4.52 Å². The predicted octanol–water partition coefficient (Wildman–Crippen LogP) is 2.67. The van der Waals surface area contributed by atoms with E-state index >= 15 is 0 Å². The molecule has 0 saturated carbocycles. The van der Waals surface area contributed by atoms with E-state index in [1.165, 1.54) is 6.08 Å². The number of carbonyl (C=O) groups excluding carboxylic acids is 1. The molecule has 3 rings (SSSR count). The van der Waals surface area contributed by atoms with Gasteiger partial charge in [-0.3, -0.25) is 4.79 Å². The Bertz CT molecular complexity index is 950. The first-order chi connectivity index (χ1) is 12.2. The molecular weight excluding hydrogens is 354 g/mol. The molecule has 0 bridgehead atoms. The van der Waals surface area contributed by atoms with Crippen molar-refractivity contribution in [1.82, 2.24) is 9.61 Å². The summed E-state index contributed by atoms with van der Waals surface area (Å²) in [7, 11) is 6.34. The van der Waals surface area contributed by atoms with Gasteiger partial charge < -0.3 is 14.9 Å². The van der Waals surface area contributed by atoms with Gasteiger partial charge in [0.2, 0.25) is 5.78 Å². The highest BCUT2D eigenvalue weighted by molar-refractivity contribution is 6.47. The number of hydrogen-bond donors (Lipinski definition) is 2. The molecule has 0 aliphatic heterocycles. The molecule has 0 spiro atoms. The molecule has 1 aliphatic carbocycles. The number of nitrogens with zero attached hydrogens (tertiary/aromatic N) is 4. The number of likely N-dealkylation sites (N-methyl/N-ethyl adjacent to an activating group) is 1. The number of carbonyl (C=O) groups is 1. The van der Waals surface area contributed by atoms with Gasteiger partial charge >= 0.3 is 0 Å². The zero-order valence-corrected chi connectivity index (χ0v) is 15.7. The monoisotopic (exact) mass is 374 g/mol. The van der Waals surface area contributed by atoms with Crippen molar-refractivity contribution in [2.75, 3.05) is 39.5 Å². The number of halogens is 1.